The molecule has 0 saturated carbocycles. The molecule has 0 bridgehead atoms. The third-order valence-electron chi connectivity index (χ3n) is 2.14. The maximum absolute atomic E-state index is 11.2. The van der Waals surface area contributed by atoms with E-state index in [-0.39, 0.29) is 0 Å². The number of hydrogen-bond acceptors (Lipinski definition) is 7. The lowest BCUT2D eigenvalue weighted by Gasteiger charge is -2.14. The fourth-order valence-corrected chi connectivity index (χ4v) is 1.28. The summed E-state index contributed by atoms with van der Waals surface area (Å²) in [5.41, 5.74) is -3.96. The van der Waals surface area contributed by atoms with Gasteiger partial charge >= 0.3 is 17.4 Å². The fourth-order valence-electron chi connectivity index (χ4n) is 1.28. The van der Waals surface area contributed by atoms with E-state index < -0.39 is 32.8 Å². The van der Waals surface area contributed by atoms with Crippen LogP contribution in [0, 0.1) is 20.2 Å². The predicted octanol–water partition coefficient (Wildman–Crippen LogP) is -0.519. The van der Waals surface area contributed by atoms with Crippen LogP contribution < -0.4 is 0 Å². The lowest BCUT2D eigenvalue weighted by atomic mass is 9.92. The number of benzene rings is 1. The lowest BCUT2D eigenvalue weighted by molar-refractivity contribution is -0.438. The average Bonchev–Trinajstić information content (AvgIpc) is 2.36. The molecule has 0 saturated heterocycles. The molecular weight excluding hydrogens is 248 g/mol. The first kappa shape index (κ1) is 13.4. The highest BCUT2D eigenvalue weighted by atomic mass is 16.7. The van der Waals surface area contributed by atoms with Gasteiger partial charge in [-0.3, -0.25) is 20.2 Å². The van der Waals surface area contributed by atoms with Crippen molar-refractivity contribution in [2.24, 2.45) is 0 Å². The molecule has 0 spiro atoms. The first-order valence-electron chi connectivity index (χ1n) is 4.47. The van der Waals surface area contributed by atoms with E-state index in [1.807, 2.05) is 0 Å². The van der Waals surface area contributed by atoms with Gasteiger partial charge in [-0.1, -0.05) is 30.3 Å². The molecule has 0 aliphatic heterocycles. The van der Waals surface area contributed by atoms with E-state index in [0.29, 0.717) is 0 Å². The van der Waals surface area contributed by atoms with Gasteiger partial charge in [0.2, 0.25) is 0 Å². The quantitative estimate of drug-likeness (QED) is 0.434. The predicted molar refractivity (Wildman–Crippen MR) is 54.3 cm³/mol. The molecule has 0 atom stereocenters. The zero-order valence-electron chi connectivity index (χ0n) is 8.68. The Hall–Kier alpha value is -2.68. The summed E-state index contributed by atoms with van der Waals surface area (Å²) in [4.78, 5) is 40.1. The average molecular weight is 254 g/mol. The molecule has 0 radical (unpaired) electrons. The largest absolute Gasteiger partial charge is 0.495 e. The standard InChI is InChI=1S/C9H6N2O7/c12-7(10(15)16)9(14,8(13)11(17)18)6-4-2-1-3-5-6/h1-5,14H. The van der Waals surface area contributed by atoms with Crippen molar-refractivity contribution < 1.29 is 24.5 Å². The van der Waals surface area contributed by atoms with E-state index >= 15 is 0 Å². The number of nitrogens with zero attached hydrogens (tertiary/aromatic N) is 2. The van der Waals surface area contributed by atoms with Crippen molar-refractivity contribution in [1.82, 2.24) is 0 Å². The number of carbonyl (C=O) groups excluding carboxylic acids is 2. The van der Waals surface area contributed by atoms with Crippen molar-refractivity contribution in [3.8, 4) is 0 Å². The maximum atomic E-state index is 11.2. The molecule has 1 aromatic rings. The molecule has 0 aliphatic rings. The lowest BCUT2D eigenvalue weighted by Crippen LogP contribution is -2.50. The van der Waals surface area contributed by atoms with Crippen molar-refractivity contribution in [2.45, 2.75) is 5.60 Å². The van der Waals surface area contributed by atoms with Gasteiger partial charge in [-0.05, 0) is 0 Å². The van der Waals surface area contributed by atoms with Crippen LogP contribution in [0.3, 0.4) is 0 Å². The van der Waals surface area contributed by atoms with Crippen LogP contribution in [-0.2, 0) is 15.2 Å². The number of nitro groups is 2. The second-order valence-corrected chi connectivity index (χ2v) is 3.20. The Morgan fingerprint density at radius 1 is 1.00 bits per heavy atom. The molecule has 0 aromatic heterocycles. The second-order valence-electron chi connectivity index (χ2n) is 3.20. The molecule has 9 heteroatoms. The Kier molecular flexibility index (Phi) is 3.47. The highest BCUT2D eigenvalue weighted by molar-refractivity contribution is 6.02. The zero-order chi connectivity index (χ0) is 13.9. The molecular formula is C9H6N2O7. The number of hydrogen-bond donors (Lipinski definition) is 1. The summed E-state index contributed by atoms with van der Waals surface area (Å²) in [6.45, 7) is 0. The summed E-state index contributed by atoms with van der Waals surface area (Å²) in [5, 5.41) is 30.5. The van der Waals surface area contributed by atoms with Gasteiger partial charge in [0.1, 0.15) is 9.85 Å². The number of rotatable bonds is 3. The van der Waals surface area contributed by atoms with E-state index in [1.165, 1.54) is 18.2 Å². The Balaban J connectivity index is 3.45. The zero-order valence-corrected chi connectivity index (χ0v) is 8.68. The van der Waals surface area contributed by atoms with Gasteiger partial charge in [-0.25, -0.2) is 9.59 Å². The van der Waals surface area contributed by atoms with E-state index in [2.05, 4.69) is 0 Å². The van der Waals surface area contributed by atoms with Crippen LogP contribution in [0.25, 0.3) is 0 Å². The summed E-state index contributed by atoms with van der Waals surface area (Å²) < 4.78 is 0. The van der Waals surface area contributed by atoms with Crippen LogP contribution in [0.4, 0.5) is 0 Å². The summed E-state index contributed by atoms with van der Waals surface area (Å²) >= 11 is 0. The maximum Gasteiger partial charge on any atom is 0.495 e. The summed E-state index contributed by atoms with van der Waals surface area (Å²) in [6.07, 6.45) is 0. The van der Waals surface area contributed by atoms with Crippen molar-refractivity contribution in [3.05, 3.63) is 56.1 Å². The second kappa shape index (κ2) is 4.67. The highest BCUT2D eigenvalue weighted by Crippen LogP contribution is 2.24. The van der Waals surface area contributed by atoms with Crippen LogP contribution in [0.15, 0.2) is 30.3 Å². The Bertz CT molecular complexity index is 499. The minimum absolute atomic E-state index is 0.534. The van der Waals surface area contributed by atoms with Gasteiger partial charge in [-0.2, -0.15) is 0 Å². The molecule has 0 aliphatic carbocycles. The van der Waals surface area contributed by atoms with Crippen LogP contribution >= 0.6 is 0 Å². The first-order valence-corrected chi connectivity index (χ1v) is 4.47. The van der Waals surface area contributed by atoms with Gasteiger partial charge in [0.05, 0.1) is 0 Å². The molecule has 9 nitrogen and oxygen atoms in total. The SMILES string of the molecule is O=C([N+](=O)[O-])C(O)(C(=O)[N+](=O)[O-])c1ccccc1. The molecule has 0 fully saturated rings. The normalized spacial score (nSPS) is 10.7. The minimum Gasteiger partial charge on any atom is -0.360 e. The molecule has 1 aromatic carbocycles. The van der Waals surface area contributed by atoms with Crippen LogP contribution in [0.5, 0.6) is 0 Å². The van der Waals surface area contributed by atoms with Gasteiger partial charge in [-0.15, -0.1) is 0 Å². The first-order chi connectivity index (χ1) is 8.31. The van der Waals surface area contributed by atoms with Gasteiger partial charge in [0.25, 0.3) is 0 Å². The van der Waals surface area contributed by atoms with Crippen molar-refractivity contribution in [2.75, 3.05) is 0 Å². The Labute approximate surface area is 98.9 Å². The third-order valence-corrected chi connectivity index (χ3v) is 2.14. The Morgan fingerprint density at radius 2 is 1.39 bits per heavy atom. The molecule has 2 amide bonds. The van der Waals surface area contributed by atoms with E-state index in [0.717, 1.165) is 12.1 Å². The molecule has 0 unspecified atom stereocenters. The van der Waals surface area contributed by atoms with E-state index in [1.54, 1.807) is 0 Å². The number of amides is 2. The van der Waals surface area contributed by atoms with E-state index in [9.17, 15) is 34.9 Å². The molecule has 18 heavy (non-hydrogen) atoms. The van der Waals surface area contributed by atoms with Gasteiger partial charge in [0, 0.05) is 5.56 Å². The Morgan fingerprint density at radius 3 is 1.72 bits per heavy atom. The van der Waals surface area contributed by atoms with Crippen LogP contribution in [0.1, 0.15) is 5.56 Å². The molecule has 1 N–H and O–H groups in total. The third kappa shape index (κ3) is 2.06. The van der Waals surface area contributed by atoms with Gasteiger partial charge < -0.3 is 5.11 Å². The van der Waals surface area contributed by atoms with Crippen LogP contribution in [0.2, 0.25) is 0 Å². The van der Waals surface area contributed by atoms with E-state index in [4.69, 9.17) is 0 Å². The molecule has 1 rings (SSSR count). The van der Waals surface area contributed by atoms with Crippen LogP contribution in [-0.4, -0.2) is 26.8 Å². The van der Waals surface area contributed by atoms with Crippen molar-refractivity contribution in [1.29, 1.82) is 0 Å². The summed E-state index contributed by atoms with van der Waals surface area (Å²) in [6, 6.07) is 5.98. The highest BCUT2D eigenvalue weighted by Gasteiger charge is 2.61. The number of carbonyl (C=O) groups is 2. The topological polar surface area (TPSA) is 141 Å². The summed E-state index contributed by atoms with van der Waals surface area (Å²) in [5.74, 6) is -4.34. The van der Waals surface area contributed by atoms with Gasteiger partial charge in [0.15, 0.2) is 0 Å². The summed E-state index contributed by atoms with van der Waals surface area (Å²) in [7, 11) is 0. The molecule has 0 heterocycles. The monoisotopic (exact) mass is 254 g/mol. The smallest absolute Gasteiger partial charge is 0.360 e. The van der Waals surface area contributed by atoms with Crippen molar-refractivity contribution in [3.63, 3.8) is 0 Å². The number of aliphatic hydroxyl groups is 1. The molecule has 94 valence electrons. The minimum atomic E-state index is -3.42. The fraction of sp³-hybridized carbons (Fsp3) is 0.111. The van der Waals surface area contributed by atoms with Crippen molar-refractivity contribution >= 4 is 11.8 Å².